The first-order chi connectivity index (χ1) is 10.8. The molecule has 0 bridgehead atoms. The Morgan fingerprint density at radius 3 is 1.48 bits per heavy atom. The van der Waals surface area contributed by atoms with Crippen LogP contribution in [0.4, 0.5) is 0 Å². The molecule has 1 unspecified atom stereocenters. The van der Waals surface area contributed by atoms with E-state index in [9.17, 15) is 5.11 Å². The van der Waals surface area contributed by atoms with E-state index in [1.54, 1.807) is 0 Å². The first-order valence-electron chi connectivity index (χ1n) is 7.40. The van der Waals surface area contributed by atoms with Gasteiger partial charge in [-0.05, 0) is 28.3 Å². The third-order valence-electron chi connectivity index (χ3n) is 3.64. The molecule has 111 valence electrons. The van der Waals surface area contributed by atoms with Crippen LogP contribution < -0.4 is 0 Å². The third-order valence-corrected chi connectivity index (χ3v) is 3.64. The van der Waals surface area contributed by atoms with Gasteiger partial charge in [0, 0.05) is 44.1 Å². The molecule has 23 heavy (non-hydrogen) atoms. The summed E-state index contributed by atoms with van der Waals surface area (Å²) in [6.45, 7) is 0. The fraction of sp³-hybridized carbons (Fsp3) is 0.0476. The average Bonchev–Trinajstić information content (AvgIpc) is 2.62. The monoisotopic (exact) mass is 513 g/mol. The molecule has 0 aliphatic heterocycles. The molecule has 0 fully saturated rings. The summed E-state index contributed by atoms with van der Waals surface area (Å²) >= 11 is 0. The summed E-state index contributed by atoms with van der Waals surface area (Å²) in [5.74, 6) is 0. The van der Waals surface area contributed by atoms with Gasteiger partial charge in [-0.2, -0.15) is 0 Å². The van der Waals surface area contributed by atoms with Crippen LogP contribution in [0, 0.1) is 44.1 Å². The van der Waals surface area contributed by atoms with E-state index in [-0.39, 0.29) is 44.1 Å². The van der Waals surface area contributed by atoms with Gasteiger partial charge in [0.15, 0.2) is 0 Å². The molecule has 1 radical (unpaired) electrons. The SMILES string of the molecule is OC(C=C(c1ccccc1)c1ccccc1)c1ccccc1.[Ac]. The van der Waals surface area contributed by atoms with Crippen LogP contribution in [-0.4, -0.2) is 5.11 Å². The van der Waals surface area contributed by atoms with Crippen LogP contribution in [0.2, 0.25) is 0 Å². The molecule has 0 aliphatic carbocycles. The predicted molar refractivity (Wildman–Crippen MR) is 91.4 cm³/mol. The number of aliphatic hydroxyl groups excluding tert-OH is 1. The number of aliphatic hydroxyl groups is 1. The standard InChI is InChI=1S/C21H18O.Ac/c22-21(19-14-8-3-9-15-19)16-20(17-10-4-1-5-11-17)18-12-6-2-7-13-18;/h1-16,21-22H;. The number of hydrogen-bond acceptors (Lipinski definition) is 1. The summed E-state index contributed by atoms with van der Waals surface area (Å²) in [6, 6.07) is 30.0. The maximum Gasteiger partial charge on any atom is 0.0980 e. The van der Waals surface area contributed by atoms with Gasteiger partial charge in [0.05, 0.1) is 6.10 Å². The van der Waals surface area contributed by atoms with Gasteiger partial charge in [-0.15, -0.1) is 0 Å². The molecule has 3 rings (SSSR count). The smallest absolute Gasteiger partial charge is 0.0980 e. The van der Waals surface area contributed by atoms with Crippen molar-refractivity contribution >= 4 is 5.57 Å². The summed E-state index contributed by atoms with van der Waals surface area (Å²) in [5.41, 5.74) is 4.14. The molecule has 1 nitrogen and oxygen atoms in total. The van der Waals surface area contributed by atoms with Crippen LogP contribution in [-0.2, 0) is 0 Å². The molecule has 0 spiro atoms. The quantitative estimate of drug-likeness (QED) is 0.529. The van der Waals surface area contributed by atoms with E-state index in [2.05, 4.69) is 24.3 Å². The van der Waals surface area contributed by atoms with Crippen LogP contribution in [0.1, 0.15) is 22.8 Å². The van der Waals surface area contributed by atoms with Gasteiger partial charge in [0.2, 0.25) is 0 Å². The first-order valence-corrected chi connectivity index (χ1v) is 7.40. The zero-order valence-corrected chi connectivity index (χ0v) is 17.6. The Labute approximate surface area is 173 Å². The molecule has 1 atom stereocenters. The van der Waals surface area contributed by atoms with Crippen LogP contribution >= 0.6 is 0 Å². The van der Waals surface area contributed by atoms with E-state index in [4.69, 9.17) is 0 Å². The van der Waals surface area contributed by atoms with E-state index in [1.165, 1.54) is 0 Å². The molecule has 0 amide bonds. The molecule has 3 aromatic rings. The van der Waals surface area contributed by atoms with Gasteiger partial charge < -0.3 is 5.11 Å². The number of rotatable bonds is 4. The molecular weight excluding hydrogens is 495 g/mol. The van der Waals surface area contributed by atoms with Gasteiger partial charge in [0.25, 0.3) is 0 Å². The van der Waals surface area contributed by atoms with E-state index in [1.807, 2.05) is 72.8 Å². The van der Waals surface area contributed by atoms with Crippen LogP contribution in [0.25, 0.3) is 5.57 Å². The molecule has 0 aromatic heterocycles. The van der Waals surface area contributed by atoms with Gasteiger partial charge in [-0.1, -0.05) is 91.0 Å². The topological polar surface area (TPSA) is 20.2 Å². The van der Waals surface area contributed by atoms with Gasteiger partial charge in [-0.25, -0.2) is 0 Å². The number of benzene rings is 3. The van der Waals surface area contributed by atoms with Gasteiger partial charge in [0.1, 0.15) is 0 Å². The Morgan fingerprint density at radius 2 is 1.04 bits per heavy atom. The zero-order chi connectivity index (χ0) is 15.2. The summed E-state index contributed by atoms with van der Waals surface area (Å²) in [4.78, 5) is 0. The largest absolute Gasteiger partial charge is 0.384 e. The second-order valence-electron chi connectivity index (χ2n) is 5.17. The maximum absolute atomic E-state index is 10.5. The minimum absolute atomic E-state index is 0. The second-order valence-corrected chi connectivity index (χ2v) is 5.17. The summed E-state index contributed by atoms with van der Waals surface area (Å²) < 4.78 is 0. The van der Waals surface area contributed by atoms with E-state index >= 15 is 0 Å². The Kier molecular flexibility index (Phi) is 7.25. The van der Waals surface area contributed by atoms with Crippen molar-refractivity contribution in [2.45, 2.75) is 6.10 Å². The third kappa shape index (κ3) is 4.88. The minimum atomic E-state index is -0.628. The summed E-state index contributed by atoms with van der Waals surface area (Å²) in [6.07, 6.45) is 1.29. The average molecular weight is 513 g/mol. The van der Waals surface area contributed by atoms with Crippen molar-refractivity contribution in [3.05, 3.63) is 114 Å². The fourth-order valence-corrected chi connectivity index (χ4v) is 2.50. The Bertz CT molecular complexity index is 695. The van der Waals surface area contributed by atoms with E-state index < -0.39 is 6.10 Å². The summed E-state index contributed by atoms with van der Waals surface area (Å²) in [7, 11) is 0. The van der Waals surface area contributed by atoms with E-state index in [0.717, 1.165) is 22.3 Å². The summed E-state index contributed by atoms with van der Waals surface area (Å²) in [5, 5.41) is 10.5. The fourth-order valence-electron chi connectivity index (χ4n) is 2.50. The molecule has 1 N–H and O–H groups in total. The Balaban J connectivity index is 0.00000192. The predicted octanol–water partition coefficient (Wildman–Crippen LogP) is 4.85. The molecule has 0 aliphatic rings. The van der Waals surface area contributed by atoms with Crippen molar-refractivity contribution in [2.75, 3.05) is 0 Å². The second kappa shape index (κ2) is 9.18. The van der Waals surface area contributed by atoms with E-state index in [0.29, 0.717) is 0 Å². The maximum atomic E-state index is 10.5. The van der Waals surface area contributed by atoms with Crippen LogP contribution in [0.15, 0.2) is 97.1 Å². The molecular formula is C21H18AcO. The van der Waals surface area contributed by atoms with Crippen molar-refractivity contribution in [1.29, 1.82) is 0 Å². The molecule has 0 heterocycles. The van der Waals surface area contributed by atoms with Gasteiger partial charge in [-0.3, -0.25) is 0 Å². The van der Waals surface area contributed by atoms with Crippen molar-refractivity contribution < 1.29 is 49.2 Å². The van der Waals surface area contributed by atoms with Crippen molar-refractivity contribution in [3.63, 3.8) is 0 Å². The first kappa shape index (κ1) is 18.1. The normalized spacial score (nSPS) is 11.2. The van der Waals surface area contributed by atoms with Crippen LogP contribution in [0.3, 0.4) is 0 Å². The van der Waals surface area contributed by atoms with Crippen LogP contribution in [0.5, 0.6) is 0 Å². The molecule has 0 saturated carbocycles. The van der Waals surface area contributed by atoms with Gasteiger partial charge >= 0.3 is 0 Å². The molecule has 2 heteroatoms. The van der Waals surface area contributed by atoms with Crippen molar-refractivity contribution in [2.24, 2.45) is 0 Å². The molecule has 3 aromatic carbocycles. The van der Waals surface area contributed by atoms with Crippen molar-refractivity contribution in [1.82, 2.24) is 0 Å². The van der Waals surface area contributed by atoms with Crippen molar-refractivity contribution in [3.8, 4) is 0 Å². The Hall–Kier alpha value is -1.20. The number of hydrogen-bond donors (Lipinski definition) is 1. The zero-order valence-electron chi connectivity index (χ0n) is 12.8. The molecule has 0 saturated heterocycles. The minimum Gasteiger partial charge on any atom is -0.384 e. The Morgan fingerprint density at radius 1 is 0.652 bits per heavy atom.